The third-order valence-electron chi connectivity index (χ3n) is 4.80. The van der Waals surface area contributed by atoms with Crippen LogP contribution in [0.1, 0.15) is 30.6 Å². The highest BCUT2D eigenvalue weighted by Gasteiger charge is 2.20. The van der Waals surface area contributed by atoms with E-state index in [1.807, 2.05) is 24.8 Å². The molecule has 1 saturated heterocycles. The van der Waals surface area contributed by atoms with Gasteiger partial charge in [-0.25, -0.2) is 0 Å². The summed E-state index contributed by atoms with van der Waals surface area (Å²) >= 11 is 0. The Morgan fingerprint density at radius 1 is 1.28 bits per heavy atom. The van der Waals surface area contributed by atoms with Gasteiger partial charge in [-0.3, -0.25) is 14.9 Å². The number of hydrogen-bond acceptors (Lipinski definition) is 6. The number of nitrogens with one attached hydrogen (secondary N) is 1. The highest BCUT2D eigenvalue weighted by Crippen LogP contribution is 2.31. The zero-order valence-electron chi connectivity index (χ0n) is 16.6. The van der Waals surface area contributed by atoms with Crippen molar-refractivity contribution in [3.8, 4) is 5.75 Å². The number of non-ortho nitro benzene ring substituents is 1. The quantitative estimate of drug-likeness (QED) is 0.561. The number of rotatable bonds is 7. The number of ether oxygens (including phenoxy) is 2. The predicted octanol–water partition coefficient (Wildman–Crippen LogP) is 3.86. The molecule has 154 valence electrons. The van der Waals surface area contributed by atoms with Crippen LogP contribution in [-0.4, -0.2) is 43.2 Å². The van der Waals surface area contributed by atoms with Crippen LogP contribution in [0.25, 0.3) is 0 Å². The van der Waals surface area contributed by atoms with E-state index in [9.17, 15) is 14.9 Å². The third kappa shape index (κ3) is 5.23. The average molecular weight is 399 g/mol. The number of anilines is 2. The number of hydrogen-bond donors (Lipinski definition) is 1. The van der Waals surface area contributed by atoms with Gasteiger partial charge in [0.05, 0.1) is 35.6 Å². The minimum atomic E-state index is -0.439. The maximum absolute atomic E-state index is 12.8. The van der Waals surface area contributed by atoms with Crippen LogP contribution in [0.3, 0.4) is 0 Å². The summed E-state index contributed by atoms with van der Waals surface area (Å²) in [5.41, 5.74) is 1.57. The summed E-state index contributed by atoms with van der Waals surface area (Å²) in [4.78, 5) is 25.6. The molecule has 1 heterocycles. The molecule has 0 saturated carbocycles. The molecular weight excluding hydrogens is 374 g/mol. The first-order valence-corrected chi connectivity index (χ1v) is 9.67. The summed E-state index contributed by atoms with van der Waals surface area (Å²) in [6.45, 7) is 6.27. The highest BCUT2D eigenvalue weighted by molar-refractivity contribution is 6.06. The van der Waals surface area contributed by atoms with Crippen molar-refractivity contribution < 1.29 is 19.2 Å². The van der Waals surface area contributed by atoms with Gasteiger partial charge in [0.15, 0.2) is 0 Å². The third-order valence-corrected chi connectivity index (χ3v) is 4.80. The first kappa shape index (κ1) is 20.6. The summed E-state index contributed by atoms with van der Waals surface area (Å²) in [6, 6.07) is 11.4. The van der Waals surface area contributed by atoms with Gasteiger partial charge in [-0.15, -0.1) is 0 Å². The molecule has 8 nitrogen and oxygen atoms in total. The van der Waals surface area contributed by atoms with Gasteiger partial charge in [-0.1, -0.05) is 13.0 Å². The second-order valence-corrected chi connectivity index (χ2v) is 6.88. The Balaban J connectivity index is 1.84. The summed E-state index contributed by atoms with van der Waals surface area (Å²) in [6.07, 6.45) is 0.915. The highest BCUT2D eigenvalue weighted by atomic mass is 16.6. The first-order chi connectivity index (χ1) is 14.0. The Morgan fingerprint density at radius 2 is 2.03 bits per heavy atom. The second-order valence-electron chi connectivity index (χ2n) is 6.88. The maximum Gasteiger partial charge on any atom is 0.271 e. The molecule has 0 aliphatic carbocycles. The topological polar surface area (TPSA) is 93.9 Å². The molecule has 1 aliphatic heterocycles. The van der Waals surface area contributed by atoms with Gasteiger partial charge >= 0.3 is 0 Å². The number of benzene rings is 2. The number of nitro groups is 1. The molecule has 29 heavy (non-hydrogen) atoms. The van der Waals surface area contributed by atoms with Crippen molar-refractivity contribution in [3.05, 3.63) is 58.1 Å². The molecule has 8 heteroatoms. The van der Waals surface area contributed by atoms with E-state index in [-0.39, 0.29) is 17.7 Å². The second kappa shape index (κ2) is 9.38. The van der Waals surface area contributed by atoms with Gasteiger partial charge in [-0.2, -0.15) is 0 Å². The van der Waals surface area contributed by atoms with Gasteiger partial charge in [0, 0.05) is 30.8 Å². The van der Waals surface area contributed by atoms with Gasteiger partial charge < -0.3 is 19.7 Å². The predicted molar refractivity (Wildman–Crippen MR) is 111 cm³/mol. The lowest BCUT2D eigenvalue weighted by atomic mass is 10.1. The Hall–Kier alpha value is -3.13. The van der Waals surface area contributed by atoms with E-state index >= 15 is 0 Å². The molecule has 2 aromatic rings. The normalized spacial score (nSPS) is 14.9. The van der Waals surface area contributed by atoms with E-state index in [4.69, 9.17) is 9.47 Å². The van der Waals surface area contributed by atoms with Crippen molar-refractivity contribution in [3.63, 3.8) is 0 Å². The van der Waals surface area contributed by atoms with Crippen LogP contribution in [0.2, 0.25) is 0 Å². The molecule has 1 amide bonds. The zero-order chi connectivity index (χ0) is 20.8. The summed E-state index contributed by atoms with van der Waals surface area (Å²) < 4.78 is 11.2. The fraction of sp³-hybridized carbons (Fsp3) is 0.381. The van der Waals surface area contributed by atoms with Crippen molar-refractivity contribution in [2.75, 3.05) is 36.5 Å². The van der Waals surface area contributed by atoms with Crippen molar-refractivity contribution in [2.24, 2.45) is 0 Å². The lowest BCUT2D eigenvalue weighted by Gasteiger charge is -2.30. The van der Waals surface area contributed by atoms with Crippen LogP contribution < -0.4 is 15.0 Å². The number of nitrogens with zero attached hydrogens (tertiary/aromatic N) is 2. The van der Waals surface area contributed by atoms with E-state index in [1.54, 1.807) is 24.3 Å². The number of nitro benzene ring substituents is 1. The number of morpholine rings is 1. The monoisotopic (exact) mass is 399 g/mol. The van der Waals surface area contributed by atoms with E-state index < -0.39 is 4.92 Å². The van der Waals surface area contributed by atoms with Crippen LogP contribution in [0.4, 0.5) is 17.1 Å². The van der Waals surface area contributed by atoms with Crippen molar-refractivity contribution in [2.45, 2.75) is 26.4 Å². The Bertz CT molecular complexity index is 880. The van der Waals surface area contributed by atoms with Crippen molar-refractivity contribution in [1.82, 2.24) is 0 Å². The summed E-state index contributed by atoms with van der Waals surface area (Å²) in [5.74, 6) is 0.326. The first-order valence-electron chi connectivity index (χ1n) is 9.67. The van der Waals surface area contributed by atoms with Gasteiger partial charge in [0.2, 0.25) is 0 Å². The smallest absolute Gasteiger partial charge is 0.271 e. The molecule has 0 aromatic heterocycles. The minimum Gasteiger partial charge on any atom is -0.491 e. The lowest BCUT2D eigenvalue weighted by Crippen LogP contribution is -2.36. The fourth-order valence-corrected chi connectivity index (χ4v) is 3.03. The van der Waals surface area contributed by atoms with Crippen LogP contribution in [0.5, 0.6) is 5.75 Å². The molecular formula is C21H25N3O5. The standard InChI is InChI=1S/C21H25N3O5/c1-3-15(2)29-18-6-4-5-16(13-18)21(25)22-19-8-7-17(24(26)27)14-20(19)23-9-11-28-12-10-23/h4-8,13-15H,3,9-12H2,1-2H3,(H,22,25)/t15-/m1/s1. The summed E-state index contributed by atoms with van der Waals surface area (Å²) in [7, 11) is 0. The molecule has 1 aliphatic rings. The number of amides is 1. The van der Waals surface area contributed by atoms with E-state index in [0.717, 1.165) is 6.42 Å². The Morgan fingerprint density at radius 3 is 2.72 bits per heavy atom. The fourth-order valence-electron chi connectivity index (χ4n) is 3.03. The van der Waals surface area contributed by atoms with Crippen LogP contribution in [0, 0.1) is 10.1 Å². The van der Waals surface area contributed by atoms with E-state index in [1.165, 1.54) is 12.1 Å². The molecule has 3 rings (SSSR count). The van der Waals surface area contributed by atoms with Crippen molar-refractivity contribution in [1.29, 1.82) is 0 Å². The van der Waals surface area contributed by atoms with Gasteiger partial charge in [-0.05, 0) is 37.6 Å². The maximum atomic E-state index is 12.8. The average Bonchev–Trinajstić information content (AvgIpc) is 2.74. The van der Waals surface area contributed by atoms with E-state index in [2.05, 4.69) is 5.32 Å². The Kier molecular flexibility index (Phi) is 6.66. The molecule has 1 atom stereocenters. The SMILES string of the molecule is CC[C@@H](C)Oc1cccc(C(=O)Nc2ccc([N+](=O)[O-])cc2N2CCOCC2)c1. The largest absolute Gasteiger partial charge is 0.491 e. The van der Waals surface area contributed by atoms with Gasteiger partial charge in [0.1, 0.15) is 5.75 Å². The van der Waals surface area contributed by atoms with Crippen molar-refractivity contribution >= 4 is 23.0 Å². The lowest BCUT2D eigenvalue weighted by molar-refractivity contribution is -0.384. The summed E-state index contributed by atoms with van der Waals surface area (Å²) in [5, 5.41) is 14.1. The molecule has 0 unspecified atom stereocenters. The molecule has 0 radical (unpaired) electrons. The minimum absolute atomic E-state index is 0.0200. The van der Waals surface area contributed by atoms with Crippen LogP contribution in [0.15, 0.2) is 42.5 Å². The van der Waals surface area contributed by atoms with E-state index in [0.29, 0.717) is 49.0 Å². The molecule has 0 spiro atoms. The number of carbonyl (C=O) groups is 1. The van der Waals surface area contributed by atoms with Crippen LogP contribution in [-0.2, 0) is 4.74 Å². The van der Waals surface area contributed by atoms with Gasteiger partial charge in [0.25, 0.3) is 11.6 Å². The number of carbonyl (C=O) groups excluding carboxylic acids is 1. The molecule has 1 fully saturated rings. The molecule has 1 N–H and O–H groups in total. The molecule has 2 aromatic carbocycles. The zero-order valence-corrected chi connectivity index (χ0v) is 16.6. The van der Waals surface area contributed by atoms with Crippen LogP contribution >= 0.6 is 0 Å². The molecule has 0 bridgehead atoms. The Labute approximate surface area is 169 Å².